The lowest BCUT2D eigenvalue weighted by Gasteiger charge is -2.07. The Labute approximate surface area is 113 Å². The molecule has 0 fully saturated rings. The lowest BCUT2D eigenvalue weighted by atomic mass is 10.1. The Hall–Kier alpha value is -1.01. The quantitative estimate of drug-likeness (QED) is 0.660. The summed E-state index contributed by atoms with van der Waals surface area (Å²) in [6.07, 6.45) is 0.828. The molecule has 0 aromatic heterocycles. The molecule has 0 heterocycles. The fraction of sp³-hybridized carbons (Fsp3) is 0.571. The Kier molecular flexibility index (Phi) is 8.33. The topological polar surface area (TPSA) is 53.7 Å². The second-order valence-electron chi connectivity index (χ2n) is 4.14. The molecule has 1 rings (SSSR count). The summed E-state index contributed by atoms with van der Waals surface area (Å²) >= 11 is 0. The first-order valence-corrected chi connectivity index (χ1v) is 6.39. The van der Waals surface area contributed by atoms with Gasteiger partial charge in [0.05, 0.1) is 19.8 Å². The maximum atomic E-state index is 13.2. The van der Waals surface area contributed by atoms with Gasteiger partial charge in [0.15, 0.2) is 0 Å². The van der Waals surface area contributed by atoms with E-state index < -0.39 is 0 Å². The van der Waals surface area contributed by atoms with Crippen LogP contribution in [0.4, 0.5) is 4.39 Å². The zero-order chi connectivity index (χ0) is 13.9. The molecule has 1 aromatic rings. The molecule has 5 heteroatoms. The summed E-state index contributed by atoms with van der Waals surface area (Å²) in [5.74, 6) is -0.266. The predicted octanol–water partition coefficient (Wildman–Crippen LogP) is 1.85. The maximum absolute atomic E-state index is 13.2. The number of methoxy groups -OCH3 is 1. The van der Waals surface area contributed by atoms with Crippen LogP contribution in [0, 0.1) is 5.82 Å². The van der Waals surface area contributed by atoms with E-state index in [0.29, 0.717) is 38.6 Å². The molecule has 0 spiro atoms. The van der Waals surface area contributed by atoms with Crippen molar-refractivity contribution in [2.75, 3.05) is 33.5 Å². The number of hydrogen-bond acceptors (Lipinski definition) is 4. The minimum atomic E-state index is -0.266. The molecule has 108 valence electrons. The van der Waals surface area contributed by atoms with Crippen LogP contribution in [0.1, 0.15) is 17.5 Å². The van der Waals surface area contributed by atoms with Crippen LogP contribution in [-0.4, -0.2) is 33.5 Å². The summed E-state index contributed by atoms with van der Waals surface area (Å²) in [7, 11) is 1.64. The lowest BCUT2D eigenvalue weighted by molar-refractivity contribution is 0.0483. The molecule has 0 unspecified atom stereocenters. The molecule has 0 saturated heterocycles. The molecule has 0 aliphatic rings. The number of benzene rings is 1. The largest absolute Gasteiger partial charge is 0.382 e. The molecule has 0 bridgehead atoms. The second-order valence-corrected chi connectivity index (χ2v) is 4.14. The lowest BCUT2D eigenvalue weighted by Crippen LogP contribution is -2.06. The van der Waals surface area contributed by atoms with Crippen molar-refractivity contribution >= 4 is 0 Å². The van der Waals surface area contributed by atoms with Crippen LogP contribution < -0.4 is 5.73 Å². The minimum absolute atomic E-state index is 0.201. The Morgan fingerprint density at radius 2 is 1.89 bits per heavy atom. The van der Waals surface area contributed by atoms with E-state index in [-0.39, 0.29) is 12.4 Å². The van der Waals surface area contributed by atoms with Gasteiger partial charge in [0.1, 0.15) is 5.82 Å². The van der Waals surface area contributed by atoms with Gasteiger partial charge in [-0.05, 0) is 24.1 Å². The summed E-state index contributed by atoms with van der Waals surface area (Å²) in [6.45, 7) is 3.15. The molecule has 1 aromatic carbocycles. The number of rotatable bonds is 10. The minimum Gasteiger partial charge on any atom is -0.382 e. The molecule has 19 heavy (non-hydrogen) atoms. The van der Waals surface area contributed by atoms with Gasteiger partial charge in [0.2, 0.25) is 0 Å². The second kappa shape index (κ2) is 9.86. The fourth-order valence-electron chi connectivity index (χ4n) is 1.57. The first kappa shape index (κ1) is 16.0. The summed E-state index contributed by atoms with van der Waals surface area (Å²) in [6, 6.07) is 4.88. The van der Waals surface area contributed by atoms with E-state index in [9.17, 15) is 4.39 Å². The maximum Gasteiger partial charge on any atom is 0.127 e. The van der Waals surface area contributed by atoms with Gasteiger partial charge in [-0.1, -0.05) is 6.07 Å². The molecule has 0 amide bonds. The van der Waals surface area contributed by atoms with Crippen LogP contribution in [0.3, 0.4) is 0 Å². The Morgan fingerprint density at radius 1 is 1.11 bits per heavy atom. The number of hydrogen-bond donors (Lipinski definition) is 1. The van der Waals surface area contributed by atoms with Crippen molar-refractivity contribution in [2.45, 2.75) is 19.6 Å². The highest BCUT2D eigenvalue weighted by atomic mass is 19.1. The van der Waals surface area contributed by atoms with Gasteiger partial charge in [-0.25, -0.2) is 4.39 Å². The van der Waals surface area contributed by atoms with Crippen LogP contribution in [0.2, 0.25) is 0 Å². The zero-order valence-corrected chi connectivity index (χ0v) is 11.4. The van der Waals surface area contributed by atoms with Crippen molar-refractivity contribution in [1.82, 2.24) is 0 Å². The van der Waals surface area contributed by atoms with Crippen molar-refractivity contribution < 1.29 is 18.6 Å². The van der Waals surface area contributed by atoms with E-state index in [1.165, 1.54) is 6.07 Å². The van der Waals surface area contributed by atoms with Crippen LogP contribution in [-0.2, 0) is 27.4 Å². The van der Waals surface area contributed by atoms with Crippen molar-refractivity contribution in [3.63, 3.8) is 0 Å². The normalized spacial score (nSPS) is 10.9. The van der Waals surface area contributed by atoms with E-state index in [4.69, 9.17) is 19.9 Å². The van der Waals surface area contributed by atoms with Crippen LogP contribution in [0.15, 0.2) is 18.2 Å². The third-order valence-corrected chi connectivity index (χ3v) is 2.61. The van der Waals surface area contributed by atoms with Gasteiger partial charge in [0, 0.05) is 32.4 Å². The first-order valence-electron chi connectivity index (χ1n) is 6.39. The molecule has 0 saturated carbocycles. The smallest absolute Gasteiger partial charge is 0.127 e. The standard InChI is InChI=1S/C14H22FNO3/c1-17-7-8-18-5-2-6-19-11-12-3-4-14(15)13(9-12)10-16/h3-4,9H,2,5-8,10-11,16H2,1H3. The van der Waals surface area contributed by atoms with Crippen LogP contribution in [0.5, 0.6) is 0 Å². The van der Waals surface area contributed by atoms with E-state index in [2.05, 4.69) is 0 Å². The van der Waals surface area contributed by atoms with E-state index in [0.717, 1.165) is 12.0 Å². The predicted molar refractivity (Wildman–Crippen MR) is 71.3 cm³/mol. The molecular formula is C14H22FNO3. The molecule has 0 aliphatic heterocycles. The number of halogens is 1. The zero-order valence-electron chi connectivity index (χ0n) is 11.4. The highest BCUT2D eigenvalue weighted by Gasteiger charge is 2.02. The Morgan fingerprint density at radius 3 is 2.63 bits per heavy atom. The Balaban J connectivity index is 2.12. The average molecular weight is 271 g/mol. The third-order valence-electron chi connectivity index (χ3n) is 2.61. The summed E-state index contributed by atoms with van der Waals surface area (Å²) < 4.78 is 28.9. The van der Waals surface area contributed by atoms with Gasteiger partial charge in [-0.2, -0.15) is 0 Å². The van der Waals surface area contributed by atoms with E-state index >= 15 is 0 Å². The monoisotopic (exact) mass is 271 g/mol. The van der Waals surface area contributed by atoms with Crippen molar-refractivity contribution in [1.29, 1.82) is 0 Å². The molecule has 0 radical (unpaired) electrons. The van der Waals surface area contributed by atoms with Gasteiger partial charge in [-0.15, -0.1) is 0 Å². The van der Waals surface area contributed by atoms with Crippen LogP contribution in [0.25, 0.3) is 0 Å². The van der Waals surface area contributed by atoms with E-state index in [1.807, 2.05) is 0 Å². The first-order chi connectivity index (χ1) is 9.27. The van der Waals surface area contributed by atoms with Crippen molar-refractivity contribution in [2.24, 2.45) is 5.73 Å². The summed E-state index contributed by atoms with van der Waals surface area (Å²) in [5.41, 5.74) is 6.90. The summed E-state index contributed by atoms with van der Waals surface area (Å²) in [4.78, 5) is 0. The Bertz CT molecular complexity index is 361. The number of nitrogens with two attached hydrogens (primary N) is 1. The third kappa shape index (κ3) is 6.63. The fourth-order valence-corrected chi connectivity index (χ4v) is 1.57. The average Bonchev–Trinajstić information content (AvgIpc) is 2.43. The van der Waals surface area contributed by atoms with Crippen LogP contribution >= 0.6 is 0 Å². The molecule has 4 nitrogen and oxygen atoms in total. The van der Waals surface area contributed by atoms with Gasteiger partial charge < -0.3 is 19.9 Å². The van der Waals surface area contributed by atoms with Crippen molar-refractivity contribution in [3.05, 3.63) is 35.1 Å². The molecule has 2 N–H and O–H groups in total. The molecule has 0 aliphatic carbocycles. The van der Waals surface area contributed by atoms with Crippen molar-refractivity contribution in [3.8, 4) is 0 Å². The van der Waals surface area contributed by atoms with Gasteiger partial charge in [-0.3, -0.25) is 0 Å². The van der Waals surface area contributed by atoms with Gasteiger partial charge >= 0.3 is 0 Å². The van der Waals surface area contributed by atoms with Gasteiger partial charge in [0.25, 0.3) is 0 Å². The molecular weight excluding hydrogens is 249 g/mol. The number of ether oxygens (including phenoxy) is 3. The summed E-state index contributed by atoms with van der Waals surface area (Å²) in [5, 5.41) is 0. The molecule has 0 atom stereocenters. The van der Waals surface area contributed by atoms with E-state index in [1.54, 1.807) is 19.2 Å². The SMILES string of the molecule is COCCOCCCOCc1ccc(F)c(CN)c1. The highest BCUT2D eigenvalue weighted by Crippen LogP contribution is 2.11. The highest BCUT2D eigenvalue weighted by molar-refractivity contribution is 5.24.